The van der Waals surface area contributed by atoms with E-state index >= 15 is 0 Å². The van der Waals surface area contributed by atoms with Crippen LogP contribution in [-0.4, -0.2) is 11.8 Å². The maximum Gasteiger partial charge on any atom is 0.00783 e. The van der Waals surface area contributed by atoms with Gasteiger partial charge in [0.2, 0.25) is 0 Å². The van der Waals surface area contributed by atoms with Crippen LogP contribution in [0.4, 0.5) is 0 Å². The van der Waals surface area contributed by atoms with E-state index in [1.54, 1.807) is 0 Å². The zero-order valence-electron chi connectivity index (χ0n) is 10.9. The van der Waals surface area contributed by atoms with Gasteiger partial charge in [-0.25, -0.2) is 0 Å². The topological polar surface area (TPSA) is 26.0 Å². The van der Waals surface area contributed by atoms with E-state index in [1.165, 1.54) is 34.3 Å². The third-order valence-electron chi connectivity index (χ3n) is 3.04. The monoisotopic (exact) mass is 259 g/mol. The van der Waals surface area contributed by atoms with Crippen molar-refractivity contribution in [3.05, 3.63) is 42.5 Å². The molecule has 0 saturated carbocycles. The summed E-state index contributed by atoms with van der Waals surface area (Å²) in [5.74, 6) is 1.19. The number of nitrogens with two attached hydrogens (primary N) is 1. The first-order chi connectivity index (χ1) is 8.75. The second-order valence-electron chi connectivity index (χ2n) is 4.83. The first-order valence-electron chi connectivity index (χ1n) is 6.63. The molecular formula is C16H21NS. The molecule has 2 aromatic rings. The molecule has 1 atom stereocenters. The van der Waals surface area contributed by atoms with E-state index in [0.717, 1.165) is 6.42 Å². The van der Waals surface area contributed by atoms with Crippen LogP contribution in [0.2, 0.25) is 0 Å². The van der Waals surface area contributed by atoms with Gasteiger partial charge in [0.05, 0.1) is 0 Å². The summed E-state index contributed by atoms with van der Waals surface area (Å²) in [6.45, 7) is 2.08. The minimum absolute atomic E-state index is 0.343. The Morgan fingerprint density at radius 2 is 1.83 bits per heavy atom. The molecule has 0 amide bonds. The van der Waals surface area contributed by atoms with E-state index in [-0.39, 0.29) is 0 Å². The molecule has 2 aromatic carbocycles. The number of hydrogen-bond acceptors (Lipinski definition) is 2. The summed E-state index contributed by atoms with van der Waals surface area (Å²) in [4.78, 5) is 1.37. The van der Waals surface area contributed by atoms with Gasteiger partial charge in [-0.2, -0.15) is 0 Å². The van der Waals surface area contributed by atoms with Crippen molar-refractivity contribution in [2.45, 2.75) is 37.1 Å². The lowest BCUT2D eigenvalue weighted by Crippen LogP contribution is -2.13. The van der Waals surface area contributed by atoms with Crippen LogP contribution in [0.5, 0.6) is 0 Å². The fourth-order valence-electron chi connectivity index (χ4n) is 2.02. The lowest BCUT2D eigenvalue weighted by molar-refractivity contribution is 0.618. The molecule has 0 aromatic heterocycles. The minimum Gasteiger partial charge on any atom is -0.328 e. The van der Waals surface area contributed by atoms with Gasteiger partial charge in [0.25, 0.3) is 0 Å². The molecule has 18 heavy (non-hydrogen) atoms. The molecule has 0 fully saturated rings. The van der Waals surface area contributed by atoms with Gasteiger partial charge in [-0.1, -0.05) is 36.8 Å². The molecule has 1 unspecified atom stereocenters. The minimum atomic E-state index is 0.343. The molecule has 0 aliphatic rings. The Balaban J connectivity index is 1.84. The zero-order chi connectivity index (χ0) is 12.8. The molecule has 2 rings (SSSR count). The van der Waals surface area contributed by atoms with Crippen molar-refractivity contribution in [2.75, 3.05) is 5.75 Å². The largest absolute Gasteiger partial charge is 0.328 e. The number of unbranched alkanes of at least 4 members (excludes halogenated alkanes) is 1. The Morgan fingerprint density at radius 1 is 1.06 bits per heavy atom. The lowest BCUT2D eigenvalue weighted by Gasteiger charge is -2.05. The van der Waals surface area contributed by atoms with Gasteiger partial charge in [-0.05, 0) is 48.4 Å². The van der Waals surface area contributed by atoms with Gasteiger partial charge < -0.3 is 5.73 Å². The van der Waals surface area contributed by atoms with E-state index in [0.29, 0.717) is 6.04 Å². The van der Waals surface area contributed by atoms with E-state index in [4.69, 9.17) is 5.73 Å². The molecule has 0 aliphatic carbocycles. The Labute approximate surface area is 114 Å². The number of benzene rings is 2. The van der Waals surface area contributed by atoms with Gasteiger partial charge in [0.1, 0.15) is 0 Å². The molecule has 0 saturated heterocycles. The van der Waals surface area contributed by atoms with Crippen molar-refractivity contribution in [1.82, 2.24) is 0 Å². The number of hydrogen-bond donors (Lipinski definition) is 1. The van der Waals surface area contributed by atoms with Crippen molar-refractivity contribution < 1.29 is 0 Å². The normalized spacial score (nSPS) is 12.8. The van der Waals surface area contributed by atoms with Crippen molar-refractivity contribution in [1.29, 1.82) is 0 Å². The van der Waals surface area contributed by atoms with Gasteiger partial charge >= 0.3 is 0 Å². The Morgan fingerprint density at radius 3 is 2.61 bits per heavy atom. The molecule has 2 heteroatoms. The fraction of sp³-hybridized carbons (Fsp3) is 0.375. The smallest absolute Gasteiger partial charge is 0.00783 e. The summed E-state index contributed by atoms with van der Waals surface area (Å²) < 4.78 is 0. The number of thioether (sulfide) groups is 1. The molecule has 96 valence electrons. The van der Waals surface area contributed by atoms with E-state index in [1.807, 2.05) is 11.8 Å². The van der Waals surface area contributed by atoms with E-state index in [9.17, 15) is 0 Å². The summed E-state index contributed by atoms with van der Waals surface area (Å²) in [6.07, 6.45) is 3.62. The van der Waals surface area contributed by atoms with Crippen molar-refractivity contribution in [2.24, 2.45) is 5.73 Å². The van der Waals surface area contributed by atoms with Gasteiger partial charge in [0.15, 0.2) is 0 Å². The second kappa shape index (κ2) is 6.81. The highest BCUT2D eigenvalue weighted by molar-refractivity contribution is 7.99. The summed E-state index contributed by atoms with van der Waals surface area (Å²) in [6, 6.07) is 15.6. The summed E-state index contributed by atoms with van der Waals surface area (Å²) in [5.41, 5.74) is 5.74. The molecular weight excluding hydrogens is 238 g/mol. The highest BCUT2D eigenvalue weighted by atomic mass is 32.2. The third kappa shape index (κ3) is 4.04. The van der Waals surface area contributed by atoms with Gasteiger partial charge in [-0.3, -0.25) is 0 Å². The fourth-order valence-corrected chi connectivity index (χ4v) is 2.97. The first kappa shape index (κ1) is 13.4. The third-order valence-corrected chi connectivity index (χ3v) is 4.12. The number of fused-ring (bicyclic) bond motifs is 1. The molecule has 0 radical (unpaired) electrons. The highest BCUT2D eigenvalue weighted by Crippen LogP contribution is 2.24. The lowest BCUT2D eigenvalue weighted by atomic mass is 10.1. The van der Waals surface area contributed by atoms with Crippen molar-refractivity contribution in [3.63, 3.8) is 0 Å². The maximum absolute atomic E-state index is 5.74. The van der Waals surface area contributed by atoms with Crippen molar-refractivity contribution in [3.8, 4) is 0 Å². The predicted molar refractivity (Wildman–Crippen MR) is 82.2 cm³/mol. The summed E-state index contributed by atoms with van der Waals surface area (Å²) in [5, 5.41) is 2.65. The van der Waals surface area contributed by atoms with Crippen LogP contribution in [0.3, 0.4) is 0 Å². The van der Waals surface area contributed by atoms with Gasteiger partial charge in [0, 0.05) is 10.9 Å². The second-order valence-corrected chi connectivity index (χ2v) is 6.00. The van der Waals surface area contributed by atoms with Crippen LogP contribution in [0.15, 0.2) is 47.4 Å². The molecule has 0 aliphatic heterocycles. The van der Waals surface area contributed by atoms with Crippen LogP contribution in [0.25, 0.3) is 10.8 Å². The Hall–Kier alpha value is -0.990. The van der Waals surface area contributed by atoms with Crippen LogP contribution >= 0.6 is 11.8 Å². The Kier molecular flexibility index (Phi) is 5.09. The zero-order valence-corrected chi connectivity index (χ0v) is 11.7. The van der Waals surface area contributed by atoms with Crippen molar-refractivity contribution >= 4 is 22.5 Å². The van der Waals surface area contributed by atoms with E-state index < -0.39 is 0 Å². The first-order valence-corrected chi connectivity index (χ1v) is 7.61. The van der Waals surface area contributed by atoms with Crippen LogP contribution in [-0.2, 0) is 0 Å². The highest BCUT2D eigenvalue weighted by Gasteiger charge is 1.98. The average molecular weight is 259 g/mol. The SMILES string of the molecule is CC(N)CCCCSc1ccc2ccccc2c1. The standard InChI is InChI=1S/C16H21NS/c1-13(17)6-4-5-11-18-16-10-9-14-7-2-3-8-15(14)12-16/h2-3,7-10,12-13H,4-6,11,17H2,1H3. The average Bonchev–Trinajstić information content (AvgIpc) is 2.38. The predicted octanol–water partition coefficient (Wildman–Crippen LogP) is 4.45. The van der Waals surface area contributed by atoms with Gasteiger partial charge in [-0.15, -0.1) is 11.8 Å². The summed E-state index contributed by atoms with van der Waals surface area (Å²) >= 11 is 1.95. The molecule has 2 N–H and O–H groups in total. The van der Waals surface area contributed by atoms with E-state index in [2.05, 4.69) is 49.4 Å². The van der Waals surface area contributed by atoms with Crippen LogP contribution in [0.1, 0.15) is 26.2 Å². The summed E-state index contributed by atoms with van der Waals surface area (Å²) in [7, 11) is 0. The maximum atomic E-state index is 5.74. The quantitative estimate of drug-likeness (QED) is 0.612. The molecule has 0 bridgehead atoms. The molecule has 1 nitrogen and oxygen atoms in total. The Bertz CT molecular complexity index is 493. The van der Waals surface area contributed by atoms with Crippen LogP contribution in [0, 0.1) is 0 Å². The molecule has 0 spiro atoms. The number of rotatable bonds is 6. The van der Waals surface area contributed by atoms with Crippen LogP contribution < -0.4 is 5.73 Å². The molecule has 0 heterocycles.